The molecule has 0 unspecified atom stereocenters. The molecule has 0 rings (SSSR count). The number of esters is 1. The first kappa shape index (κ1) is 41.0. The van der Waals surface area contributed by atoms with Crippen molar-refractivity contribution < 1.29 is 9.53 Å². The summed E-state index contributed by atoms with van der Waals surface area (Å²) < 4.78 is 5.44. The number of ether oxygens (including phenoxy) is 1. The van der Waals surface area contributed by atoms with Crippen LogP contribution in [0.15, 0.2) is 24.3 Å². The Labute approximate surface area is 265 Å². The number of allylic oxidation sites excluding steroid dienone is 4. The fourth-order valence-electron chi connectivity index (χ4n) is 5.70. The highest BCUT2D eigenvalue weighted by Gasteiger charge is 2.02. The molecule has 0 aliphatic carbocycles. The summed E-state index contributed by atoms with van der Waals surface area (Å²) in [5.41, 5.74) is 0. The van der Waals surface area contributed by atoms with E-state index in [-0.39, 0.29) is 5.97 Å². The number of hydrogen-bond donors (Lipinski definition) is 0. The predicted molar refractivity (Wildman–Crippen MR) is 188 cm³/mol. The number of carbonyl (C=O) groups is 1. The van der Waals surface area contributed by atoms with Crippen molar-refractivity contribution in [1.29, 1.82) is 0 Å². The molecule has 2 heteroatoms. The summed E-state index contributed by atoms with van der Waals surface area (Å²) in [5.74, 6) is 0.0125. The van der Waals surface area contributed by atoms with E-state index in [9.17, 15) is 4.79 Å². The van der Waals surface area contributed by atoms with E-state index in [4.69, 9.17) is 4.74 Å². The van der Waals surface area contributed by atoms with Crippen LogP contribution >= 0.6 is 0 Å². The van der Waals surface area contributed by atoms with E-state index < -0.39 is 0 Å². The van der Waals surface area contributed by atoms with Crippen molar-refractivity contribution in [2.45, 2.75) is 219 Å². The molecule has 0 aliphatic heterocycles. The number of rotatable bonds is 35. The van der Waals surface area contributed by atoms with E-state index in [2.05, 4.69) is 38.2 Å². The Balaban J connectivity index is 3.20. The van der Waals surface area contributed by atoms with Crippen LogP contribution < -0.4 is 0 Å². The smallest absolute Gasteiger partial charge is 0.305 e. The van der Waals surface area contributed by atoms with Gasteiger partial charge in [-0.15, -0.1) is 0 Å². The molecule has 0 amide bonds. The van der Waals surface area contributed by atoms with Crippen molar-refractivity contribution in [3.63, 3.8) is 0 Å². The fourth-order valence-corrected chi connectivity index (χ4v) is 5.70. The lowest BCUT2D eigenvalue weighted by Gasteiger charge is -2.06. The second-order valence-electron chi connectivity index (χ2n) is 12.9. The van der Waals surface area contributed by atoms with Crippen molar-refractivity contribution in [2.75, 3.05) is 6.61 Å². The van der Waals surface area contributed by atoms with Gasteiger partial charge in [0, 0.05) is 6.42 Å². The molecule has 42 heavy (non-hydrogen) atoms. The molecule has 0 heterocycles. The lowest BCUT2D eigenvalue weighted by molar-refractivity contribution is -0.143. The summed E-state index contributed by atoms with van der Waals surface area (Å²) in [6, 6.07) is 0. The minimum absolute atomic E-state index is 0.0125. The van der Waals surface area contributed by atoms with Crippen LogP contribution in [0.25, 0.3) is 0 Å². The molecule has 0 N–H and O–H groups in total. The average molecular weight is 589 g/mol. The van der Waals surface area contributed by atoms with Gasteiger partial charge in [-0.25, -0.2) is 0 Å². The Bertz CT molecular complexity index is 564. The molecule has 0 aromatic rings. The van der Waals surface area contributed by atoms with E-state index in [1.54, 1.807) is 0 Å². The Morgan fingerprint density at radius 1 is 0.405 bits per heavy atom. The molecule has 0 fully saturated rings. The predicted octanol–water partition coefficient (Wildman–Crippen LogP) is 14.2. The molecule has 0 aliphatic rings. The largest absolute Gasteiger partial charge is 0.466 e. The number of unbranched alkanes of at least 4 members (excludes halogenated alkanes) is 27. The third-order valence-corrected chi connectivity index (χ3v) is 8.59. The third-order valence-electron chi connectivity index (χ3n) is 8.59. The van der Waals surface area contributed by atoms with E-state index >= 15 is 0 Å². The summed E-state index contributed by atoms with van der Waals surface area (Å²) in [4.78, 5) is 11.9. The zero-order chi connectivity index (χ0) is 30.4. The molecule has 0 bridgehead atoms. The summed E-state index contributed by atoms with van der Waals surface area (Å²) in [6.45, 7) is 5.17. The summed E-state index contributed by atoms with van der Waals surface area (Å²) in [6.07, 6.45) is 51.1. The topological polar surface area (TPSA) is 26.3 Å². The van der Waals surface area contributed by atoms with Crippen molar-refractivity contribution in [3.05, 3.63) is 24.3 Å². The standard InChI is InChI=1S/C40H76O2/c1-3-5-7-9-11-13-15-17-19-20-21-22-23-25-27-29-31-33-35-37-39-42-40(41)38-36-34-32-30-28-26-24-18-16-14-12-10-8-6-4-2/h12,14,18,24H,3-11,13,15-17,19-23,25-39H2,1-2H3/b14-12-,24-18-. The fraction of sp³-hybridized carbons (Fsp3) is 0.875. The molecule has 2 nitrogen and oxygen atoms in total. The maximum atomic E-state index is 11.9. The van der Waals surface area contributed by atoms with Crippen molar-refractivity contribution in [2.24, 2.45) is 0 Å². The molecular formula is C40H76O2. The van der Waals surface area contributed by atoms with Crippen LogP contribution in [0.5, 0.6) is 0 Å². The maximum Gasteiger partial charge on any atom is 0.305 e. The molecule has 0 spiro atoms. The lowest BCUT2D eigenvalue weighted by atomic mass is 10.0. The summed E-state index contributed by atoms with van der Waals surface area (Å²) in [7, 11) is 0. The van der Waals surface area contributed by atoms with Gasteiger partial charge in [-0.3, -0.25) is 4.79 Å². The lowest BCUT2D eigenvalue weighted by Crippen LogP contribution is -2.05. The first-order valence-electron chi connectivity index (χ1n) is 19.3. The van der Waals surface area contributed by atoms with Crippen molar-refractivity contribution in [1.82, 2.24) is 0 Å². The minimum Gasteiger partial charge on any atom is -0.466 e. The highest BCUT2D eigenvalue weighted by Crippen LogP contribution is 2.15. The Kier molecular flexibility index (Phi) is 37.0. The Morgan fingerprint density at radius 3 is 1.19 bits per heavy atom. The first-order chi connectivity index (χ1) is 20.8. The van der Waals surface area contributed by atoms with Gasteiger partial charge in [0.1, 0.15) is 0 Å². The number of carbonyl (C=O) groups excluding carboxylic acids is 1. The van der Waals surface area contributed by atoms with Crippen LogP contribution in [0, 0.1) is 0 Å². The van der Waals surface area contributed by atoms with Gasteiger partial charge in [-0.05, 0) is 44.9 Å². The molecule has 0 atom stereocenters. The Morgan fingerprint density at radius 2 is 0.738 bits per heavy atom. The van der Waals surface area contributed by atoms with Crippen LogP contribution in [0.2, 0.25) is 0 Å². The molecule has 248 valence electrons. The molecule has 0 radical (unpaired) electrons. The van der Waals surface area contributed by atoms with E-state index in [0.29, 0.717) is 13.0 Å². The first-order valence-corrected chi connectivity index (χ1v) is 19.3. The molecule has 0 saturated heterocycles. The highest BCUT2D eigenvalue weighted by molar-refractivity contribution is 5.69. The molecule has 0 aromatic carbocycles. The van der Waals surface area contributed by atoms with E-state index in [1.807, 2.05) is 0 Å². The highest BCUT2D eigenvalue weighted by atomic mass is 16.5. The second-order valence-corrected chi connectivity index (χ2v) is 12.9. The van der Waals surface area contributed by atoms with Gasteiger partial charge in [0.15, 0.2) is 0 Å². The van der Waals surface area contributed by atoms with Gasteiger partial charge >= 0.3 is 5.97 Å². The van der Waals surface area contributed by atoms with Crippen LogP contribution in [-0.4, -0.2) is 12.6 Å². The quantitative estimate of drug-likeness (QED) is 0.0418. The molecule has 0 aromatic heterocycles. The van der Waals surface area contributed by atoms with Crippen LogP contribution in [-0.2, 0) is 9.53 Å². The SMILES string of the molecule is CCCCC/C=C\C/C=C\CCCCCCCC(=O)OCCCCCCCCCCCCCCCCCCCCCC. The van der Waals surface area contributed by atoms with Gasteiger partial charge in [0.25, 0.3) is 0 Å². The van der Waals surface area contributed by atoms with Gasteiger partial charge < -0.3 is 4.74 Å². The van der Waals surface area contributed by atoms with Gasteiger partial charge in [0.05, 0.1) is 6.61 Å². The average Bonchev–Trinajstić information content (AvgIpc) is 3.00. The van der Waals surface area contributed by atoms with Crippen LogP contribution in [0.1, 0.15) is 219 Å². The maximum absolute atomic E-state index is 11.9. The van der Waals surface area contributed by atoms with Gasteiger partial charge in [-0.2, -0.15) is 0 Å². The second kappa shape index (κ2) is 38.0. The zero-order valence-corrected chi connectivity index (χ0v) is 29.0. The summed E-state index contributed by atoms with van der Waals surface area (Å²) in [5, 5.41) is 0. The Hall–Kier alpha value is -1.05. The van der Waals surface area contributed by atoms with Crippen LogP contribution in [0.4, 0.5) is 0 Å². The number of hydrogen-bond acceptors (Lipinski definition) is 2. The van der Waals surface area contributed by atoms with Crippen molar-refractivity contribution in [3.8, 4) is 0 Å². The van der Waals surface area contributed by atoms with Gasteiger partial charge in [0.2, 0.25) is 0 Å². The van der Waals surface area contributed by atoms with E-state index in [0.717, 1.165) is 25.7 Å². The summed E-state index contributed by atoms with van der Waals surface area (Å²) >= 11 is 0. The molecular weight excluding hydrogens is 512 g/mol. The third kappa shape index (κ3) is 37.0. The minimum atomic E-state index is 0.0125. The van der Waals surface area contributed by atoms with Crippen molar-refractivity contribution >= 4 is 5.97 Å². The zero-order valence-electron chi connectivity index (χ0n) is 29.0. The monoisotopic (exact) mass is 589 g/mol. The van der Waals surface area contributed by atoms with Crippen LogP contribution in [0.3, 0.4) is 0 Å². The molecule has 0 saturated carbocycles. The van der Waals surface area contributed by atoms with E-state index in [1.165, 1.54) is 173 Å². The van der Waals surface area contributed by atoms with Gasteiger partial charge in [-0.1, -0.05) is 192 Å². The normalized spacial score (nSPS) is 11.8.